The van der Waals surface area contributed by atoms with Crippen LogP contribution >= 0.6 is 0 Å². The van der Waals surface area contributed by atoms with Crippen molar-refractivity contribution in [2.75, 3.05) is 24.6 Å². The van der Waals surface area contributed by atoms with E-state index in [0.717, 1.165) is 22.8 Å². The molecule has 1 aliphatic heterocycles. The van der Waals surface area contributed by atoms with Crippen LogP contribution in [0.25, 0.3) is 11.0 Å². The molecule has 6 nitrogen and oxygen atoms in total. The zero-order valence-corrected chi connectivity index (χ0v) is 18.5. The highest BCUT2D eigenvalue weighted by Crippen LogP contribution is 2.78. The molecule has 3 aromatic heterocycles. The number of pyridine rings is 2. The van der Waals surface area contributed by atoms with E-state index in [4.69, 9.17) is 9.72 Å². The molecule has 33 heavy (non-hydrogen) atoms. The minimum Gasteiger partial charge on any atom is -0.370 e. The number of morpholine rings is 1. The van der Waals surface area contributed by atoms with E-state index in [1.54, 1.807) is 12.4 Å². The van der Waals surface area contributed by atoms with E-state index in [1.165, 1.54) is 0 Å². The Morgan fingerprint density at radius 3 is 2.58 bits per heavy atom. The molecule has 0 unspecified atom stereocenters. The number of anilines is 1. The second-order valence-corrected chi connectivity index (χ2v) is 9.83. The largest absolute Gasteiger partial charge is 0.394 e. The van der Waals surface area contributed by atoms with Crippen LogP contribution in [0.5, 0.6) is 0 Å². The smallest absolute Gasteiger partial charge is 0.370 e. The van der Waals surface area contributed by atoms with Gasteiger partial charge in [0.25, 0.3) is 0 Å². The van der Waals surface area contributed by atoms with Crippen molar-refractivity contribution in [2.45, 2.75) is 50.8 Å². The molecule has 0 amide bonds. The van der Waals surface area contributed by atoms with Crippen molar-refractivity contribution in [3.63, 3.8) is 0 Å². The lowest BCUT2D eigenvalue weighted by Crippen LogP contribution is -2.70. The van der Waals surface area contributed by atoms with Crippen molar-refractivity contribution < 1.29 is 17.9 Å². The van der Waals surface area contributed by atoms with Gasteiger partial charge in [-0.15, -0.1) is 0 Å². The third-order valence-electron chi connectivity index (χ3n) is 7.45. The van der Waals surface area contributed by atoms with E-state index >= 15 is 0 Å². The first-order chi connectivity index (χ1) is 15.7. The third-order valence-corrected chi connectivity index (χ3v) is 7.45. The summed E-state index contributed by atoms with van der Waals surface area (Å²) in [7, 11) is 0. The molecule has 0 N–H and O–H groups in total. The molecule has 9 heteroatoms. The van der Waals surface area contributed by atoms with Crippen LogP contribution in [0.4, 0.5) is 19.0 Å². The Morgan fingerprint density at radius 2 is 1.85 bits per heavy atom. The number of halogens is 3. The molecule has 0 spiro atoms. The second-order valence-electron chi connectivity index (χ2n) is 9.83. The van der Waals surface area contributed by atoms with Crippen molar-refractivity contribution in [1.82, 2.24) is 19.9 Å². The SMILES string of the molecule is Cc1cc([C@@H]2CN(c3cc4nc(C)cnc4c(C45CC(C(F)(F)F)(C4)C5)n3)CCO2)ccn1. The summed E-state index contributed by atoms with van der Waals surface area (Å²) in [5.74, 6) is 0.724. The van der Waals surface area contributed by atoms with Crippen LogP contribution < -0.4 is 4.90 Å². The molecule has 0 radical (unpaired) electrons. The van der Waals surface area contributed by atoms with Crippen molar-refractivity contribution >= 4 is 16.9 Å². The van der Waals surface area contributed by atoms with Gasteiger partial charge in [0.05, 0.1) is 28.9 Å². The van der Waals surface area contributed by atoms with E-state index in [1.807, 2.05) is 32.0 Å². The summed E-state index contributed by atoms with van der Waals surface area (Å²) in [5, 5.41) is 0. The fourth-order valence-electron chi connectivity index (χ4n) is 5.80. The van der Waals surface area contributed by atoms with Crippen molar-refractivity contribution in [1.29, 1.82) is 0 Å². The minimum absolute atomic E-state index is 0.0899. The van der Waals surface area contributed by atoms with Crippen LogP contribution in [0.15, 0.2) is 30.6 Å². The quantitative estimate of drug-likeness (QED) is 0.575. The number of ether oxygens (including phenoxy) is 1. The molecule has 172 valence electrons. The highest BCUT2D eigenvalue weighted by Gasteiger charge is 2.79. The molecule has 2 bridgehead atoms. The van der Waals surface area contributed by atoms with E-state index in [0.29, 0.717) is 36.4 Å². The number of fused-ring (bicyclic) bond motifs is 1. The predicted molar refractivity (Wildman–Crippen MR) is 116 cm³/mol. The summed E-state index contributed by atoms with van der Waals surface area (Å²) in [6.07, 6.45) is -0.587. The van der Waals surface area contributed by atoms with E-state index in [9.17, 15) is 13.2 Å². The predicted octanol–water partition coefficient (Wildman–Crippen LogP) is 4.60. The monoisotopic (exact) mass is 455 g/mol. The van der Waals surface area contributed by atoms with Crippen LogP contribution in [0.3, 0.4) is 0 Å². The van der Waals surface area contributed by atoms with Crippen LogP contribution in [-0.2, 0) is 10.2 Å². The minimum atomic E-state index is -4.16. The maximum absolute atomic E-state index is 13.5. The molecule has 0 aromatic carbocycles. The summed E-state index contributed by atoms with van der Waals surface area (Å²) < 4.78 is 46.5. The molecule has 3 saturated carbocycles. The zero-order chi connectivity index (χ0) is 23.0. The highest BCUT2D eigenvalue weighted by atomic mass is 19.4. The van der Waals surface area contributed by atoms with Gasteiger partial charge in [-0.3, -0.25) is 9.97 Å². The summed E-state index contributed by atoms with van der Waals surface area (Å²) in [6, 6.07) is 5.87. The summed E-state index contributed by atoms with van der Waals surface area (Å²) >= 11 is 0. The van der Waals surface area contributed by atoms with Crippen LogP contribution in [0.1, 0.15) is 48.0 Å². The number of hydrogen-bond acceptors (Lipinski definition) is 6. The Labute approximate surface area is 189 Å². The number of rotatable bonds is 3. The van der Waals surface area contributed by atoms with Gasteiger partial charge in [-0.05, 0) is 50.8 Å². The topological polar surface area (TPSA) is 64.0 Å². The lowest BCUT2D eigenvalue weighted by molar-refractivity contribution is -0.337. The summed E-state index contributed by atoms with van der Waals surface area (Å²) in [5.41, 5.74) is 2.61. The normalized spacial score (nSPS) is 29.0. The maximum atomic E-state index is 13.5. The van der Waals surface area contributed by atoms with Gasteiger partial charge < -0.3 is 9.64 Å². The van der Waals surface area contributed by atoms with Crippen LogP contribution in [-0.4, -0.2) is 45.8 Å². The Bertz CT molecular complexity index is 1240. The number of aromatic nitrogens is 4. The second kappa shape index (κ2) is 6.85. The molecular weight excluding hydrogens is 431 g/mol. The molecule has 3 aromatic rings. The van der Waals surface area contributed by atoms with Gasteiger partial charge >= 0.3 is 6.18 Å². The van der Waals surface area contributed by atoms with Gasteiger partial charge in [-0.1, -0.05) is 0 Å². The van der Waals surface area contributed by atoms with E-state index in [-0.39, 0.29) is 25.4 Å². The van der Waals surface area contributed by atoms with E-state index < -0.39 is 17.0 Å². The summed E-state index contributed by atoms with van der Waals surface area (Å²) in [6.45, 7) is 5.59. The first kappa shape index (κ1) is 20.8. The van der Waals surface area contributed by atoms with Crippen molar-refractivity contribution in [2.24, 2.45) is 5.41 Å². The molecule has 7 rings (SSSR count). The van der Waals surface area contributed by atoms with Gasteiger partial charge in [0.15, 0.2) is 0 Å². The summed E-state index contributed by atoms with van der Waals surface area (Å²) in [4.78, 5) is 20.5. The van der Waals surface area contributed by atoms with Crippen LogP contribution in [0.2, 0.25) is 0 Å². The van der Waals surface area contributed by atoms with Crippen LogP contribution in [0, 0.1) is 19.3 Å². The molecule has 4 heterocycles. The number of aryl methyl sites for hydroxylation is 2. The standard InChI is InChI=1S/C24H24F3N5O/c1-14-7-16(3-4-28-14)18-10-32(5-6-33-18)19-8-17-20(29-9-15(2)30-17)21(31-19)22-11-23(12-22,13-22)24(25,26)27/h3-4,7-9,18H,5-6,10-13H2,1-2H3/t18-,22?,23?/m0/s1. The van der Waals surface area contributed by atoms with Gasteiger partial charge in [0, 0.05) is 42.7 Å². The Hall–Kier alpha value is -2.81. The molecular formula is C24H24F3N5O. The molecule has 4 aliphatic rings. The number of hydrogen-bond donors (Lipinski definition) is 0. The molecule has 3 aliphatic carbocycles. The molecule has 4 fully saturated rings. The average molecular weight is 455 g/mol. The Morgan fingerprint density at radius 1 is 1.06 bits per heavy atom. The lowest BCUT2D eigenvalue weighted by Gasteiger charge is -2.70. The zero-order valence-electron chi connectivity index (χ0n) is 18.5. The van der Waals surface area contributed by atoms with Gasteiger partial charge in [0.2, 0.25) is 0 Å². The number of alkyl halides is 3. The first-order valence-corrected chi connectivity index (χ1v) is 11.2. The van der Waals surface area contributed by atoms with E-state index in [2.05, 4.69) is 19.9 Å². The van der Waals surface area contributed by atoms with Gasteiger partial charge in [-0.2, -0.15) is 13.2 Å². The third kappa shape index (κ3) is 3.12. The Kier molecular flexibility index (Phi) is 4.31. The maximum Gasteiger partial charge on any atom is 0.394 e. The number of nitrogens with zero attached hydrogens (tertiary/aromatic N) is 5. The lowest BCUT2D eigenvalue weighted by atomic mass is 9.34. The van der Waals surface area contributed by atoms with Crippen molar-refractivity contribution in [3.05, 3.63) is 53.2 Å². The average Bonchev–Trinajstić information content (AvgIpc) is 2.70. The Balaban J connectivity index is 1.37. The first-order valence-electron chi connectivity index (χ1n) is 11.2. The fourth-order valence-corrected chi connectivity index (χ4v) is 5.80. The van der Waals surface area contributed by atoms with Crippen molar-refractivity contribution in [3.8, 4) is 0 Å². The van der Waals surface area contributed by atoms with Gasteiger partial charge in [0.1, 0.15) is 17.4 Å². The highest BCUT2D eigenvalue weighted by molar-refractivity contribution is 5.81. The molecule has 1 atom stereocenters. The fraction of sp³-hybridized carbons (Fsp3) is 0.500. The van der Waals surface area contributed by atoms with Gasteiger partial charge in [-0.25, -0.2) is 9.97 Å². The molecule has 1 saturated heterocycles.